The van der Waals surface area contributed by atoms with Crippen LogP contribution < -0.4 is 5.32 Å². The van der Waals surface area contributed by atoms with Crippen LogP contribution in [0.2, 0.25) is 0 Å². The smallest absolute Gasteiger partial charge is 0.311 e. The monoisotopic (exact) mass is 643 g/mol. The minimum atomic E-state index is -1.61. The first-order valence-corrected chi connectivity index (χ1v) is 16.3. The van der Waals surface area contributed by atoms with Crippen molar-refractivity contribution in [3.05, 3.63) is 112 Å². The summed E-state index contributed by atoms with van der Waals surface area (Å²) in [6.07, 6.45) is 1.96. The molecule has 10 heteroatoms. The number of ether oxygens (including phenoxy) is 1. The molecule has 0 aromatic heterocycles. The second-order valence-electron chi connectivity index (χ2n) is 13.3. The van der Waals surface area contributed by atoms with Crippen molar-refractivity contribution in [3.8, 4) is 0 Å². The van der Waals surface area contributed by atoms with Gasteiger partial charge in [0.2, 0.25) is 0 Å². The van der Waals surface area contributed by atoms with E-state index in [2.05, 4.69) is 58.7 Å². The number of nitrogens with one attached hydrogen (secondary N) is 1. The van der Waals surface area contributed by atoms with E-state index in [1.165, 1.54) is 36.2 Å². The Balaban J connectivity index is 1.30. The number of likely N-dealkylation sites (tertiary alicyclic amines) is 1. The van der Waals surface area contributed by atoms with Crippen LogP contribution in [0.3, 0.4) is 0 Å². The molecule has 3 aromatic rings. The molecule has 5 atom stereocenters. The fourth-order valence-electron chi connectivity index (χ4n) is 8.23. The normalized spacial score (nSPS) is 27.6. The first kappa shape index (κ1) is 34.2. The number of piperidine rings is 2. The van der Waals surface area contributed by atoms with Gasteiger partial charge in [-0.15, -0.1) is 0 Å². The quantitative estimate of drug-likeness (QED) is 0.129. The second kappa shape index (κ2) is 13.9. The summed E-state index contributed by atoms with van der Waals surface area (Å²) < 4.78 is 6.10. The minimum absolute atomic E-state index is 0.0323. The lowest BCUT2D eigenvalue weighted by Gasteiger charge is -2.56. The Bertz CT molecular complexity index is 1520. The summed E-state index contributed by atoms with van der Waals surface area (Å²) >= 11 is 0. The van der Waals surface area contributed by atoms with Gasteiger partial charge in [0, 0.05) is 48.7 Å². The third kappa shape index (κ3) is 6.29. The predicted molar refractivity (Wildman–Crippen MR) is 178 cm³/mol. The lowest BCUT2D eigenvalue weighted by molar-refractivity contribution is -0.385. The zero-order valence-corrected chi connectivity index (χ0v) is 27.3. The molecule has 0 spiro atoms. The van der Waals surface area contributed by atoms with Gasteiger partial charge in [0.1, 0.15) is 0 Å². The van der Waals surface area contributed by atoms with Gasteiger partial charge in [-0.3, -0.25) is 19.7 Å². The van der Waals surface area contributed by atoms with Gasteiger partial charge in [0.15, 0.2) is 0 Å². The molecule has 2 fully saturated rings. The fraction of sp³-hybridized carbons (Fsp3) is 0.459. The van der Waals surface area contributed by atoms with E-state index in [0.717, 1.165) is 25.9 Å². The summed E-state index contributed by atoms with van der Waals surface area (Å²) in [5.74, 6) is -3.39. The third-order valence-electron chi connectivity index (χ3n) is 11.1. The van der Waals surface area contributed by atoms with Gasteiger partial charge in [-0.2, -0.15) is 0 Å². The molecule has 2 aliphatic heterocycles. The van der Waals surface area contributed by atoms with E-state index in [9.17, 15) is 29.9 Å². The SMILES string of the molecule is CC1N[C@H](C)C(C)(C(=O)O)C(c2cccc([N+](=O)[O-])c2)C1(CCOCCN1CCC(c2ccccc2)(c2ccccc2)CC1)C(=O)O. The van der Waals surface area contributed by atoms with E-state index < -0.39 is 45.7 Å². The largest absolute Gasteiger partial charge is 0.481 e. The molecule has 47 heavy (non-hydrogen) atoms. The van der Waals surface area contributed by atoms with E-state index in [1.807, 2.05) is 12.1 Å². The maximum atomic E-state index is 13.3. The van der Waals surface area contributed by atoms with Crippen molar-refractivity contribution in [3.63, 3.8) is 0 Å². The summed E-state index contributed by atoms with van der Waals surface area (Å²) in [5.41, 5.74) is -0.500. The van der Waals surface area contributed by atoms with Crippen molar-refractivity contribution in [2.24, 2.45) is 10.8 Å². The van der Waals surface area contributed by atoms with Crippen LogP contribution in [0.15, 0.2) is 84.9 Å². The first-order valence-electron chi connectivity index (χ1n) is 16.3. The minimum Gasteiger partial charge on any atom is -0.481 e. The summed E-state index contributed by atoms with van der Waals surface area (Å²) in [4.78, 5) is 39.6. The van der Waals surface area contributed by atoms with Gasteiger partial charge in [-0.1, -0.05) is 72.8 Å². The number of hydrogen-bond acceptors (Lipinski definition) is 7. The molecule has 0 aliphatic carbocycles. The highest BCUT2D eigenvalue weighted by Gasteiger charge is 2.65. The number of benzene rings is 3. The summed E-state index contributed by atoms with van der Waals surface area (Å²) in [5, 5.41) is 36.2. The molecule has 2 saturated heterocycles. The van der Waals surface area contributed by atoms with E-state index in [0.29, 0.717) is 18.7 Å². The van der Waals surface area contributed by atoms with Crippen LogP contribution in [0.1, 0.15) is 62.6 Å². The Labute approximate surface area is 275 Å². The van der Waals surface area contributed by atoms with Crippen LogP contribution in [-0.4, -0.2) is 76.9 Å². The van der Waals surface area contributed by atoms with Crippen LogP contribution in [0, 0.1) is 20.9 Å². The van der Waals surface area contributed by atoms with Gasteiger partial charge in [0.25, 0.3) is 5.69 Å². The first-order chi connectivity index (χ1) is 22.5. The fourth-order valence-corrected chi connectivity index (χ4v) is 8.23. The number of hydrogen-bond donors (Lipinski definition) is 3. The number of aliphatic carboxylic acids is 2. The Morgan fingerprint density at radius 3 is 2.02 bits per heavy atom. The number of nitrogens with zero attached hydrogens (tertiary/aromatic N) is 2. The molecule has 2 aliphatic rings. The maximum absolute atomic E-state index is 13.3. The summed E-state index contributed by atoms with van der Waals surface area (Å²) in [6.45, 7) is 7.95. The van der Waals surface area contributed by atoms with Gasteiger partial charge in [0.05, 0.1) is 22.4 Å². The molecular formula is C37H45N3O7. The van der Waals surface area contributed by atoms with E-state index >= 15 is 0 Å². The van der Waals surface area contributed by atoms with Crippen LogP contribution in [-0.2, 0) is 19.7 Å². The van der Waals surface area contributed by atoms with Crippen LogP contribution >= 0.6 is 0 Å². The van der Waals surface area contributed by atoms with Crippen LogP contribution in [0.4, 0.5) is 5.69 Å². The molecule has 0 radical (unpaired) electrons. The summed E-state index contributed by atoms with van der Waals surface area (Å²) in [6, 6.07) is 25.8. The molecule has 10 nitrogen and oxygen atoms in total. The number of carbonyl (C=O) groups is 2. The van der Waals surface area contributed by atoms with Gasteiger partial charge in [-0.05, 0) is 69.8 Å². The molecule has 0 bridgehead atoms. The van der Waals surface area contributed by atoms with E-state index in [1.54, 1.807) is 19.9 Å². The molecule has 3 aromatic carbocycles. The van der Waals surface area contributed by atoms with Gasteiger partial charge >= 0.3 is 11.9 Å². The van der Waals surface area contributed by atoms with E-state index in [-0.39, 0.29) is 24.1 Å². The van der Waals surface area contributed by atoms with Crippen molar-refractivity contribution < 1.29 is 29.5 Å². The topological polar surface area (TPSA) is 142 Å². The highest BCUT2D eigenvalue weighted by molar-refractivity contribution is 5.84. The van der Waals surface area contributed by atoms with Gasteiger partial charge in [-0.25, -0.2) is 0 Å². The van der Waals surface area contributed by atoms with Crippen LogP contribution in [0.25, 0.3) is 0 Å². The van der Waals surface area contributed by atoms with Gasteiger partial charge < -0.3 is 25.2 Å². The average Bonchev–Trinajstić information content (AvgIpc) is 3.07. The maximum Gasteiger partial charge on any atom is 0.311 e. The predicted octanol–water partition coefficient (Wildman–Crippen LogP) is 5.71. The molecule has 4 unspecified atom stereocenters. The number of carboxylic acid groups (broad SMARTS) is 2. The van der Waals surface area contributed by atoms with Crippen molar-refractivity contribution in [1.29, 1.82) is 0 Å². The lowest BCUT2D eigenvalue weighted by Crippen LogP contribution is -2.69. The molecule has 2 heterocycles. The van der Waals surface area contributed by atoms with Crippen LogP contribution in [0.5, 0.6) is 0 Å². The Morgan fingerprint density at radius 2 is 1.49 bits per heavy atom. The highest BCUT2D eigenvalue weighted by atomic mass is 16.6. The zero-order valence-electron chi connectivity index (χ0n) is 27.3. The molecule has 0 saturated carbocycles. The van der Waals surface area contributed by atoms with Crippen molar-refractivity contribution in [2.45, 2.75) is 63.5 Å². The average molecular weight is 644 g/mol. The van der Waals surface area contributed by atoms with Crippen molar-refractivity contribution >= 4 is 17.6 Å². The molecular weight excluding hydrogens is 598 g/mol. The van der Waals surface area contributed by atoms with E-state index in [4.69, 9.17) is 4.74 Å². The molecule has 5 rings (SSSR count). The Morgan fingerprint density at radius 1 is 0.894 bits per heavy atom. The standard InChI is InChI=1S/C37H45N3O7/c1-26-35(3,33(41)42)32(28-11-10-16-31(25-28)40(45)46)37(34(43)44,27(2)38-26)19-23-47-24-22-39-20-17-36(18-21-39,29-12-6-4-7-13-29)30-14-8-5-9-15-30/h4-16,25-27,32,38H,17-24H2,1-3H3,(H,41,42)(H,43,44)/t26-,27?,32?,35?,37?/m1/s1. The number of nitro groups is 1. The number of rotatable bonds is 12. The third-order valence-corrected chi connectivity index (χ3v) is 11.1. The summed E-state index contributed by atoms with van der Waals surface area (Å²) in [7, 11) is 0. The number of non-ortho nitro benzene ring substituents is 1. The Hall–Kier alpha value is -4.12. The lowest BCUT2D eigenvalue weighted by atomic mass is 9.51. The Kier molecular flexibility index (Phi) is 10.1. The number of carboxylic acids is 2. The molecule has 0 amide bonds. The number of nitro benzene ring substituents is 1. The second-order valence-corrected chi connectivity index (χ2v) is 13.3. The van der Waals surface area contributed by atoms with Crippen molar-refractivity contribution in [1.82, 2.24) is 10.2 Å². The molecule has 250 valence electrons. The zero-order chi connectivity index (χ0) is 33.8. The van der Waals surface area contributed by atoms with Crippen molar-refractivity contribution in [2.75, 3.05) is 32.8 Å². The molecule has 3 N–H and O–H groups in total. The highest BCUT2D eigenvalue weighted by Crippen LogP contribution is 2.57.